The van der Waals surface area contributed by atoms with E-state index in [1.165, 1.54) is 12.8 Å². The third-order valence-electron chi connectivity index (χ3n) is 2.67. The Morgan fingerprint density at radius 3 is 2.88 bits per heavy atom. The zero-order valence-corrected chi connectivity index (χ0v) is 10.2. The maximum Gasteiger partial charge on any atom is 0.223 e. The van der Waals surface area contributed by atoms with Gasteiger partial charge in [-0.1, -0.05) is 11.6 Å². The minimum atomic E-state index is 0.0444. The van der Waals surface area contributed by atoms with Crippen LogP contribution in [0.5, 0.6) is 0 Å². The lowest BCUT2D eigenvalue weighted by molar-refractivity contribution is -0.105. The second-order valence-electron chi connectivity index (χ2n) is 4.16. The number of halogens is 1. The normalized spacial score (nSPS) is 14.5. The predicted octanol–water partition coefficient (Wildman–Crippen LogP) is 1.13. The molecule has 0 spiro atoms. The Bertz CT molecular complexity index is 435. The molecule has 1 aliphatic carbocycles. The summed E-state index contributed by atoms with van der Waals surface area (Å²) in [6.07, 6.45) is 3.01. The molecule has 0 saturated heterocycles. The molecule has 7 heteroatoms. The second kappa shape index (κ2) is 4.75. The number of carbonyl (C=O) groups is 1. The van der Waals surface area contributed by atoms with E-state index in [1.807, 2.05) is 11.9 Å². The standard InChI is InChI=1S/C10H14ClN5O/c1-16(4-6-2-3-6)7-8(11)14-10(12)15-9(7)13-5-17/h5-6H,2-4H2,1H3,(H3,12,13,14,15,17). The van der Waals surface area contributed by atoms with Crippen LogP contribution in [0, 0.1) is 5.92 Å². The van der Waals surface area contributed by atoms with Crippen molar-refractivity contribution in [3.8, 4) is 0 Å². The van der Waals surface area contributed by atoms with E-state index in [0.29, 0.717) is 23.8 Å². The van der Waals surface area contributed by atoms with Crippen molar-refractivity contribution < 1.29 is 4.79 Å². The molecule has 17 heavy (non-hydrogen) atoms. The lowest BCUT2D eigenvalue weighted by Crippen LogP contribution is -2.23. The summed E-state index contributed by atoms with van der Waals surface area (Å²) in [6.45, 7) is 0.876. The fourth-order valence-electron chi connectivity index (χ4n) is 1.72. The molecule has 1 fully saturated rings. The number of carbonyl (C=O) groups excluding carboxylic acids is 1. The molecule has 0 aliphatic heterocycles. The van der Waals surface area contributed by atoms with Crippen molar-refractivity contribution in [2.45, 2.75) is 12.8 Å². The van der Waals surface area contributed by atoms with Crippen LogP contribution < -0.4 is 16.0 Å². The molecule has 0 aromatic carbocycles. The van der Waals surface area contributed by atoms with Crippen molar-refractivity contribution in [2.75, 3.05) is 29.5 Å². The van der Waals surface area contributed by atoms with Gasteiger partial charge in [-0.2, -0.15) is 9.97 Å². The first-order valence-electron chi connectivity index (χ1n) is 5.36. The van der Waals surface area contributed by atoms with Crippen molar-refractivity contribution >= 4 is 35.5 Å². The van der Waals surface area contributed by atoms with Crippen LogP contribution in [0.25, 0.3) is 0 Å². The summed E-state index contributed by atoms with van der Waals surface area (Å²) in [4.78, 5) is 20.4. The number of nitrogen functional groups attached to an aromatic ring is 1. The Balaban J connectivity index is 2.30. The molecule has 6 nitrogen and oxygen atoms in total. The second-order valence-corrected chi connectivity index (χ2v) is 4.51. The molecule has 0 unspecified atom stereocenters. The highest BCUT2D eigenvalue weighted by Crippen LogP contribution is 2.35. The fourth-order valence-corrected chi connectivity index (χ4v) is 2.04. The molecule has 92 valence electrons. The van der Waals surface area contributed by atoms with Crippen molar-refractivity contribution in [1.29, 1.82) is 0 Å². The summed E-state index contributed by atoms with van der Waals surface area (Å²) < 4.78 is 0. The number of nitrogens with one attached hydrogen (secondary N) is 1. The lowest BCUT2D eigenvalue weighted by atomic mass is 10.3. The van der Waals surface area contributed by atoms with Crippen LogP contribution in [0.15, 0.2) is 0 Å². The molecule has 0 atom stereocenters. The number of nitrogens with two attached hydrogens (primary N) is 1. The Kier molecular flexibility index (Phi) is 3.33. The van der Waals surface area contributed by atoms with Gasteiger partial charge in [0.25, 0.3) is 0 Å². The molecule has 2 rings (SSSR count). The van der Waals surface area contributed by atoms with E-state index in [2.05, 4.69) is 15.3 Å². The zero-order chi connectivity index (χ0) is 12.4. The molecule has 1 heterocycles. The quantitative estimate of drug-likeness (QED) is 0.609. The Morgan fingerprint density at radius 2 is 2.29 bits per heavy atom. The van der Waals surface area contributed by atoms with Gasteiger partial charge in [0.15, 0.2) is 11.0 Å². The van der Waals surface area contributed by atoms with Gasteiger partial charge in [0.05, 0.1) is 0 Å². The molecule has 3 N–H and O–H groups in total. The van der Waals surface area contributed by atoms with Crippen molar-refractivity contribution in [3.05, 3.63) is 5.15 Å². The van der Waals surface area contributed by atoms with Gasteiger partial charge in [0.2, 0.25) is 12.4 Å². The largest absolute Gasteiger partial charge is 0.369 e. The smallest absolute Gasteiger partial charge is 0.223 e. The van der Waals surface area contributed by atoms with Gasteiger partial charge in [0, 0.05) is 13.6 Å². The van der Waals surface area contributed by atoms with Gasteiger partial charge in [-0.05, 0) is 18.8 Å². The van der Waals surface area contributed by atoms with Crippen LogP contribution in [0.3, 0.4) is 0 Å². The van der Waals surface area contributed by atoms with Gasteiger partial charge in [0.1, 0.15) is 5.69 Å². The average molecular weight is 256 g/mol. The van der Waals surface area contributed by atoms with E-state index in [1.54, 1.807) is 0 Å². The molecular weight excluding hydrogens is 242 g/mol. The summed E-state index contributed by atoms with van der Waals surface area (Å²) in [5.74, 6) is 1.08. The Morgan fingerprint density at radius 1 is 1.59 bits per heavy atom. The highest BCUT2D eigenvalue weighted by atomic mass is 35.5. The third kappa shape index (κ3) is 2.76. The molecular formula is C10H14ClN5O. The average Bonchev–Trinajstić information content (AvgIpc) is 3.00. The van der Waals surface area contributed by atoms with Crippen molar-refractivity contribution in [1.82, 2.24) is 9.97 Å². The van der Waals surface area contributed by atoms with Crippen LogP contribution in [-0.4, -0.2) is 30.0 Å². The van der Waals surface area contributed by atoms with Crippen LogP contribution in [0.4, 0.5) is 17.5 Å². The highest BCUT2D eigenvalue weighted by Gasteiger charge is 2.25. The van der Waals surface area contributed by atoms with E-state index in [9.17, 15) is 4.79 Å². The maximum absolute atomic E-state index is 10.5. The number of anilines is 3. The third-order valence-corrected chi connectivity index (χ3v) is 2.93. The van der Waals surface area contributed by atoms with Gasteiger partial charge in [-0.3, -0.25) is 4.79 Å². The van der Waals surface area contributed by atoms with Crippen molar-refractivity contribution in [3.63, 3.8) is 0 Å². The molecule has 0 bridgehead atoms. The minimum absolute atomic E-state index is 0.0444. The van der Waals surface area contributed by atoms with Crippen LogP contribution in [0.2, 0.25) is 5.15 Å². The number of nitrogens with zero attached hydrogens (tertiary/aromatic N) is 3. The summed E-state index contributed by atoms with van der Waals surface area (Å²) in [6, 6.07) is 0. The lowest BCUT2D eigenvalue weighted by Gasteiger charge is -2.21. The number of aromatic nitrogens is 2. The highest BCUT2D eigenvalue weighted by molar-refractivity contribution is 6.32. The number of rotatable bonds is 5. The summed E-state index contributed by atoms with van der Waals surface area (Å²) >= 11 is 6.04. The first-order chi connectivity index (χ1) is 8.11. The summed E-state index contributed by atoms with van der Waals surface area (Å²) in [5, 5.41) is 2.75. The van der Waals surface area contributed by atoms with E-state index >= 15 is 0 Å². The first kappa shape index (κ1) is 11.9. The molecule has 1 aromatic heterocycles. The van der Waals surface area contributed by atoms with E-state index in [0.717, 1.165) is 6.54 Å². The molecule has 1 aromatic rings. The van der Waals surface area contributed by atoms with Crippen LogP contribution in [0.1, 0.15) is 12.8 Å². The van der Waals surface area contributed by atoms with Gasteiger partial charge < -0.3 is 16.0 Å². The van der Waals surface area contributed by atoms with Crippen molar-refractivity contribution in [2.24, 2.45) is 5.92 Å². The molecule has 1 aliphatic rings. The molecule has 1 saturated carbocycles. The molecule has 1 amide bonds. The summed E-state index contributed by atoms with van der Waals surface area (Å²) in [5.41, 5.74) is 6.10. The summed E-state index contributed by atoms with van der Waals surface area (Å²) in [7, 11) is 1.90. The maximum atomic E-state index is 10.5. The van der Waals surface area contributed by atoms with Gasteiger partial charge in [-0.15, -0.1) is 0 Å². The van der Waals surface area contributed by atoms with E-state index < -0.39 is 0 Å². The minimum Gasteiger partial charge on any atom is -0.369 e. The number of hydrogen-bond donors (Lipinski definition) is 2. The first-order valence-corrected chi connectivity index (χ1v) is 5.74. The van der Waals surface area contributed by atoms with Gasteiger partial charge in [-0.25, -0.2) is 0 Å². The fraction of sp³-hybridized carbons (Fsp3) is 0.500. The van der Waals surface area contributed by atoms with Crippen LogP contribution in [-0.2, 0) is 4.79 Å². The Hall–Kier alpha value is -1.56. The number of amides is 1. The predicted molar refractivity (Wildman–Crippen MR) is 67.1 cm³/mol. The van der Waals surface area contributed by atoms with Crippen LogP contribution >= 0.6 is 11.6 Å². The Labute approximate surface area is 104 Å². The number of hydrogen-bond acceptors (Lipinski definition) is 5. The SMILES string of the molecule is CN(CC1CC1)c1c(Cl)nc(N)nc1NC=O. The van der Waals surface area contributed by atoms with E-state index in [4.69, 9.17) is 17.3 Å². The monoisotopic (exact) mass is 255 g/mol. The zero-order valence-electron chi connectivity index (χ0n) is 9.48. The van der Waals surface area contributed by atoms with Gasteiger partial charge >= 0.3 is 0 Å². The molecule has 0 radical (unpaired) electrons. The topological polar surface area (TPSA) is 84.1 Å². The van der Waals surface area contributed by atoms with E-state index in [-0.39, 0.29) is 11.1 Å².